The minimum Gasteiger partial charge on any atom is -0.497 e. The largest absolute Gasteiger partial charge is 0.528 e. The van der Waals surface area contributed by atoms with Crippen molar-refractivity contribution in [2.24, 2.45) is 5.92 Å². The van der Waals surface area contributed by atoms with E-state index in [1.165, 1.54) is 5.06 Å². The van der Waals surface area contributed by atoms with Crippen molar-refractivity contribution in [3.63, 3.8) is 0 Å². The Labute approximate surface area is 232 Å². The summed E-state index contributed by atoms with van der Waals surface area (Å²) in [7, 11) is 1.04. The molecule has 2 aliphatic heterocycles. The molecule has 2 fully saturated rings. The number of benzene rings is 1. The van der Waals surface area contributed by atoms with Crippen LogP contribution in [0.2, 0.25) is 18.1 Å². The number of Topliss-reactive ketones (excluding diaryl/α,β-unsaturated/α-hetero) is 1. The first kappa shape index (κ1) is 30.9. The molecule has 0 spiro atoms. The molecule has 1 amide bonds. The normalized spacial score (nSPS) is 21.7. The van der Waals surface area contributed by atoms with E-state index < -0.39 is 26.1 Å². The van der Waals surface area contributed by atoms with Gasteiger partial charge < -0.3 is 28.4 Å². The Kier molecular flexibility index (Phi) is 9.08. The second-order valence-corrected chi connectivity index (χ2v) is 17.6. The number of hydrogen-bond donors (Lipinski definition) is 0. The lowest BCUT2D eigenvalue weighted by Gasteiger charge is -2.46. The van der Waals surface area contributed by atoms with Gasteiger partial charge >= 0.3 is 6.16 Å². The van der Waals surface area contributed by atoms with Crippen molar-refractivity contribution in [2.75, 3.05) is 27.4 Å². The Balaban J connectivity index is 1.78. The topological polar surface area (TPSA) is 104 Å². The smallest absolute Gasteiger partial charge is 0.497 e. The number of ether oxygens (including phenoxy) is 3. The Morgan fingerprint density at radius 2 is 1.72 bits per heavy atom. The third-order valence-electron chi connectivity index (χ3n) is 7.73. The molecule has 1 aromatic carbocycles. The molecule has 3 atom stereocenters. The first-order chi connectivity index (χ1) is 18.0. The number of likely N-dealkylation sites (tertiary alicyclic amines) is 1. The van der Waals surface area contributed by atoms with E-state index in [1.54, 1.807) is 46.0 Å². The molecule has 0 bridgehead atoms. The number of hydroxylamine groups is 2. The monoisotopic (exact) mass is 564 g/mol. The van der Waals surface area contributed by atoms with Crippen LogP contribution in [0.25, 0.3) is 0 Å². The van der Waals surface area contributed by atoms with Crippen molar-refractivity contribution in [1.29, 1.82) is 0 Å². The average molecular weight is 565 g/mol. The lowest BCUT2D eigenvalue weighted by atomic mass is 9.85. The molecule has 10 nitrogen and oxygen atoms in total. The van der Waals surface area contributed by atoms with Crippen LogP contribution >= 0.6 is 0 Å². The number of fused-ring (bicyclic) bond motifs is 1. The maximum atomic E-state index is 13.3. The summed E-state index contributed by atoms with van der Waals surface area (Å²) in [6.45, 7) is 16.4. The first-order valence-electron chi connectivity index (χ1n) is 13.3. The number of carbonyl (C=O) groups excluding carboxylic acids is 3. The number of methoxy groups -OCH3 is 2. The van der Waals surface area contributed by atoms with Gasteiger partial charge in [0.05, 0.1) is 26.9 Å². The Bertz CT molecular complexity index is 1080. The highest BCUT2D eigenvalue weighted by Gasteiger charge is 2.60. The van der Waals surface area contributed by atoms with Crippen LogP contribution in [-0.4, -0.2) is 81.2 Å². The van der Waals surface area contributed by atoms with Crippen molar-refractivity contribution in [3.8, 4) is 11.5 Å². The zero-order valence-corrected chi connectivity index (χ0v) is 26.0. The molecule has 2 saturated heterocycles. The molecule has 11 heteroatoms. The number of amides is 1. The van der Waals surface area contributed by atoms with Gasteiger partial charge in [-0.05, 0) is 51.0 Å². The Hall–Kier alpha value is -2.63. The maximum absolute atomic E-state index is 13.3. The summed E-state index contributed by atoms with van der Waals surface area (Å²) < 4.78 is 22.3. The molecule has 0 aliphatic carbocycles. The second-order valence-electron chi connectivity index (χ2n) is 12.8. The van der Waals surface area contributed by atoms with Crippen LogP contribution in [0, 0.1) is 5.92 Å². The van der Waals surface area contributed by atoms with E-state index in [-0.39, 0.29) is 48.3 Å². The fourth-order valence-electron chi connectivity index (χ4n) is 4.63. The van der Waals surface area contributed by atoms with Crippen LogP contribution in [0.5, 0.6) is 11.5 Å². The molecule has 0 N–H and O–H groups in total. The molecule has 0 unspecified atom stereocenters. The van der Waals surface area contributed by atoms with Crippen molar-refractivity contribution < 1.29 is 37.9 Å². The van der Waals surface area contributed by atoms with E-state index in [4.69, 9.17) is 23.5 Å². The maximum Gasteiger partial charge on any atom is 0.528 e. The van der Waals surface area contributed by atoms with Crippen molar-refractivity contribution in [2.45, 2.75) is 90.3 Å². The van der Waals surface area contributed by atoms with Crippen LogP contribution in [0.15, 0.2) is 18.2 Å². The fourth-order valence-corrected chi connectivity index (χ4v) is 5.59. The SMILES string of the molecule is COc1ccc(CN2C(=O)[C@@H]3[C@H]2[C@H](CC(=O)CO[Si](C)(C)C(C)(C)C)CN3OC(=O)OC(C)(C)C)c(OC)c1. The van der Waals surface area contributed by atoms with Gasteiger partial charge in [0.1, 0.15) is 23.1 Å². The molecule has 1 aromatic rings. The number of β-lactam (4-membered cyclic amide) rings is 1. The van der Waals surface area contributed by atoms with Gasteiger partial charge in [-0.1, -0.05) is 20.8 Å². The third kappa shape index (κ3) is 7.12. The van der Waals surface area contributed by atoms with E-state index in [1.807, 2.05) is 12.1 Å². The molecule has 0 saturated carbocycles. The van der Waals surface area contributed by atoms with E-state index in [0.29, 0.717) is 18.0 Å². The lowest BCUT2D eigenvalue weighted by molar-refractivity contribution is -0.191. The van der Waals surface area contributed by atoms with Crippen LogP contribution < -0.4 is 9.47 Å². The van der Waals surface area contributed by atoms with Gasteiger partial charge in [0, 0.05) is 37.1 Å². The van der Waals surface area contributed by atoms with Gasteiger partial charge in [-0.15, -0.1) is 5.06 Å². The highest BCUT2D eigenvalue weighted by molar-refractivity contribution is 6.74. The molecule has 2 aliphatic rings. The molecule has 3 rings (SSSR count). The molecule has 2 heterocycles. The van der Waals surface area contributed by atoms with Gasteiger partial charge in [-0.25, -0.2) is 4.79 Å². The molecular formula is C28H44N2O8Si. The van der Waals surface area contributed by atoms with Gasteiger partial charge in [0.15, 0.2) is 14.1 Å². The summed E-state index contributed by atoms with van der Waals surface area (Å²) in [5.41, 5.74) is 0.0655. The fraction of sp³-hybridized carbons (Fsp3) is 0.679. The third-order valence-corrected chi connectivity index (χ3v) is 12.2. The van der Waals surface area contributed by atoms with E-state index >= 15 is 0 Å². The average Bonchev–Trinajstić information content (AvgIpc) is 3.12. The van der Waals surface area contributed by atoms with Crippen LogP contribution in [-0.2, 0) is 30.1 Å². The lowest BCUT2D eigenvalue weighted by Crippen LogP contribution is -2.67. The van der Waals surface area contributed by atoms with E-state index in [0.717, 1.165) is 5.56 Å². The van der Waals surface area contributed by atoms with E-state index in [9.17, 15) is 14.4 Å². The van der Waals surface area contributed by atoms with Crippen LogP contribution in [0.1, 0.15) is 53.5 Å². The van der Waals surface area contributed by atoms with Gasteiger partial charge in [-0.2, -0.15) is 0 Å². The number of rotatable bonds is 10. The summed E-state index contributed by atoms with van der Waals surface area (Å²) in [6.07, 6.45) is -0.675. The van der Waals surface area contributed by atoms with Crippen LogP contribution in [0.4, 0.5) is 4.79 Å². The molecule has 218 valence electrons. The predicted molar refractivity (Wildman–Crippen MR) is 148 cm³/mol. The van der Waals surface area contributed by atoms with Gasteiger partial charge in [0.25, 0.3) is 0 Å². The molecule has 0 radical (unpaired) electrons. The summed E-state index contributed by atoms with van der Waals surface area (Å²) in [6, 6.07) is 4.44. The quantitative estimate of drug-likeness (QED) is 0.230. The molecular weight excluding hydrogens is 520 g/mol. The number of ketones is 1. The minimum absolute atomic E-state index is 0.0155. The number of carbonyl (C=O) groups is 3. The van der Waals surface area contributed by atoms with Gasteiger partial charge in [0.2, 0.25) is 5.91 Å². The highest BCUT2D eigenvalue weighted by atomic mass is 28.4. The zero-order valence-electron chi connectivity index (χ0n) is 25.0. The summed E-state index contributed by atoms with van der Waals surface area (Å²) in [5.74, 6) is 0.778. The minimum atomic E-state index is -2.10. The Morgan fingerprint density at radius 1 is 1.05 bits per heavy atom. The Morgan fingerprint density at radius 3 is 2.28 bits per heavy atom. The summed E-state index contributed by atoms with van der Waals surface area (Å²) in [5, 5.41) is 1.36. The van der Waals surface area contributed by atoms with Crippen molar-refractivity contribution in [3.05, 3.63) is 23.8 Å². The summed E-state index contributed by atoms with van der Waals surface area (Å²) in [4.78, 5) is 46.1. The van der Waals surface area contributed by atoms with Crippen LogP contribution in [0.3, 0.4) is 0 Å². The summed E-state index contributed by atoms with van der Waals surface area (Å²) >= 11 is 0. The van der Waals surface area contributed by atoms with Gasteiger partial charge in [-0.3, -0.25) is 9.59 Å². The predicted octanol–water partition coefficient (Wildman–Crippen LogP) is 4.56. The second kappa shape index (κ2) is 11.5. The van der Waals surface area contributed by atoms with Crippen molar-refractivity contribution in [1.82, 2.24) is 9.96 Å². The zero-order chi connectivity index (χ0) is 29.3. The number of nitrogens with zero attached hydrogens (tertiary/aromatic N) is 2. The molecule has 39 heavy (non-hydrogen) atoms. The first-order valence-corrected chi connectivity index (χ1v) is 16.2. The number of hydrogen-bond acceptors (Lipinski definition) is 9. The molecule has 0 aromatic heterocycles. The highest BCUT2D eigenvalue weighted by Crippen LogP contribution is 2.42. The van der Waals surface area contributed by atoms with Crippen molar-refractivity contribution >= 4 is 26.2 Å². The standard InChI is InChI=1S/C28H44N2O8Si/c1-27(2,3)37-26(33)38-30-16-19(13-20(31)17-36-39(9,10)28(4,5)6)23-24(30)25(32)29(23)15-18-11-12-21(34-7)14-22(18)35-8/h11-12,14,19,23-24H,13,15-17H2,1-10H3/t19-,23-,24+/m1/s1. The van der Waals surface area contributed by atoms with E-state index in [2.05, 4.69) is 33.9 Å².